The van der Waals surface area contributed by atoms with Gasteiger partial charge in [-0.1, -0.05) is 272 Å². The summed E-state index contributed by atoms with van der Waals surface area (Å²) in [6, 6.07) is -70.5. The van der Waals surface area contributed by atoms with Crippen molar-refractivity contribution in [1.82, 2.24) is 0 Å². The third-order valence-electron chi connectivity index (χ3n) is 12.3. The minimum absolute atomic E-state index is 0.0192. The average Bonchev–Trinajstić information content (AvgIpc) is 1.48. The minimum atomic E-state index is -3.89. The fourth-order valence-electron chi connectivity index (χ4n) is 9.46. The summed E-state index contributed by atoms with van der Waals surface area (Å²) in [6.45, 7) is 0. The summed E-state index contributed by atoms with van der Waals surface area (Å²) in [4.78, 5) is 0.0192. The number of hydrogen-bond acceptors (Lipinski definition) is 1. The quantitative estimate of drug-likeness (QED) is 0.139. The fraction of sp³-hybridized carbons (Fsp3) is 0.0278. The van der Waals surface area contributed by atoms with Crippen LogP contribution in [-0.2, 0) is 10.8 Å². The Hall–Kier alpha value is -9.30. The van der Waals surface area contributed by atoms with Gasteiger partial charge in [-0.3, -0.25) is 0 Å². The van der Waals surface area contributed by atoms with Crippen molar-refractivity contribution in [3.05, 3.63) is 341 Å². The predicted molar refractivity (Wildman–Crippen MR) is 304 cm³/mol. The zero-order valence-corrected chi connectivity index (χ0v) is 36.4. The van der Waals surface area contributed by atoms with Crippen molar-refractivity contribution in [2.45, 2.75) is 10.8 Å². The van der Waals surface area contributed by atoms with Crippen LogP contribution in [0.4, 0.5) is 17.1 Å². The van der Waals surface area contributed by atoms with Crippen molar-refractivity contribution in [2.75, 3.05) is 4.90 Å². The molecule has 0 N–H and O–H groups in total. The van der Waals surface area contributed by atoms with Gasteiger partial charge < -0.3 is 4.90 Å². The second-order valence-corrected chi connectivity index (χ2v) is 15.8. The van der Waals surface area contributed by atoms with Gasteiger partial charge in [0.25, 0.3) is 0 Å². The SMILES string of the molecule is [2H]c1c([2H])c([2H])c(-c2c([2H])c([2H])c(-c3c(N(c4c([2H])c([2H])c5c(c4[2H])C(c4c([2H])c([2H])c([2H])c([2H])c4[2H])(c4c([2H])c([2H])c([2H])c([2H])c4[2H])c4c([2H])c([2H])c([2H])c([2H])c4-5)c4c([2H])c([2H])c([2H])c5c4-c4c([2H])c([2H])c([2H])c([2H])c4C5(c4c([2H])c([2H])c([2H])c([2H])c4[2H])c4c([2H])c([2H])c([2H])c([2H])c4[2H])c([2H])c([2H])c4c([2H])c([2H])c([2H])c([2H])c34)c([2H])c2[2H])c([2H])c1[2H]. The topological polar surface area (TPSA) is 3.24 Å². The number of fused-ring (bicyclic) bond motifs is 7. The molecule has 0 unspecified atom stereocenters. The van der Waals surface area contributed by atoms with E-state index in [0.29, 0.717) is 0 Å². The predicted octanol–water partition coefficient (Wildman–Crippen LogP) is 18.4. The Kier molecular flexibility index (Phi) is 3.74. The van der Waals surface area contributed by atoms with Crippen LogP contribution in [0.25, 0.3) is 55.3 Å². The molecule has 1 heteroatoms. The maximum Gasteiger partial charge on any atom is 0.0714 e. The lowest BCUT2D eigenvalue weighted by Crippen LogP contribution is -2.29. The van der Waals surface area contributed by atoms with Crippen LogP contribution in [0.2, 0.25) is 0 Å². The van der Waals surface area contributed by atoms with Gasteiger partial charge in [-0.05, 0) is 113 Å². The Morgan fingerprint density at radius 1 is 0.274 bits per heavy atom. The van der Waals surface area contributed by atoms with E-state index in [4.69, 9.17) is 13.7 Å². The molecule has 73 heavy (non-hydrogen) atoms. The first-order valence-electron chi connectivity index (χ1n) is 45.9. The van der Waals surface area contributed by atoms with E-state index in [1.165, 1.54) is 0 Å². The fourth-order valence-corrected chi connectivity index (χ4v) is 9.46. The highest BCUT2D eigenvalue weighted by atomic mass is 15.1. The molecule has 0 fully saturated rings. The zero-order valence-electron chi connectivity index (χ0n) is 85.4. The van der Waals surface area contributed by atoms with E-state index < -0.39 is 424 Å². The van der Waals surface area contributed by atoms with Crippen LogP contribution in [0, 0.1) is 0 Å². The summed E-state index contributed by atoms with van der Waals surface area (Å²) < 4.78 is 474. The largest absolute Gasteiger partial charge is 0.309 e. The van der Waals surface area contributed by atoms with Crippen molar-refractivity contribution in [3.8, 4) is 44.5 Å². The van der Waals surface area contributed by atoms with Crippen LogP contribution in [-0.4, -0.2) is 0 Å². The monoisotopic (exact) mass is 977 g/mol. The van der Waals surface area contributed by atoms with Gasteiger partial charge in [0.1, 0.15) is 0 Å². The third kappa shape index (κ3) is 6.42. The minimum Gasteiger partial charge on any atom is -0.309 e. The van der Waals surface area contributed by atoms with E-state index in [0.717, 1.165) is 0 Å². The molecule has 0 radical (unpaired) electrons. The third-order valence-corrected chi connectivity index (χ3v) is 12.3. The summed E-state index contributed by atoms with van der Waals surface area (Å²) in [7, 11) is 0. The van der Waals surface area contributed by atoms with Crippen molar-refractivity contribution in [1.29, 1.82) is 0 Å². The summed E-state index contributed by atoms with van der Waals surface area (Å²) in [5.41, 5.74) is -34.6. The molecule has 0 atom stereocenters. The molecular formula is C72H49N. The molecule has 0 bridgehead atoms. The standard InChI is InChI=1S/C72H49N/c1-6-23-50(24-7-1)51-41-43-53(44-42-51)69-59-34-17-16-25-52(59)45-48-68(69)73(58-46-47-61-60-35-18-20-37-63(60)72(66(61)49-58,56-30-12-4-13-31-56)57-32-14-5-15-33-57)67-40-22-39-65-70(67)62-36-19-21-38-64(62)71(65,54-26-8-2-9-27-54)55-28-10-3-11-29-55/h1-49H/i1D,2D,3D,4D,5D,6D,7D,8D,9D,10D,11D,12D,13D,14D,15D,16D,17D,18D,19D,20D,21D,22D,23D,24D,25D,26D,27D,28D,29D,30D,31D,32D,33D,34D,35D,36D,37D,38D,39D,40D,41D,42D,43D,44D,45D,46D,47D,48D,49D. The van der Waals surface area contributed by atoms with E-state index >= 15 is 0 Å². The molecule has 14 rings (SSSR count). The maximum absolute atomic E-state index is 11.5. The lowest BCUT2D eigenvalue weighted by molar-refractivity contribution is 0.768. The first-order chi connectivity index (χ1) is 56.6. The zero-order chi connectivity index (χ0) is 91.0. The van der Waals surface area contributed by atoms with Crippen molar-refractivity contribution < 1.29 is 67.2 Å². The Labute approximate surface area is 496 Å². The first kappa shape index (κ1) is 15.8. The lowest BCUT2D eigenvalue weighted by Gasteiger charge is -2.36. The van der Waals surface area contributed by atoms with Gasteiger partial charge in [0.15, 0.2) is 0 Å². The number of anilines is 3. The van der Waals surface area contributed by atoms with Gasteiger partial charge in [0.2, 0.25) is 0 Å². The Balaban J connectivity index is 1.40. The first-order valence-corrected chi connectivity index (χ1v) is 21.4. The maximum atomic E-state index is 11.5. The molecule has 2 aliphatic carbocycles. The molecule has 12 aromatic rings. The van der Waals surface area contributed by atoms with E-state index in [9.17, 15) is 53.5 Å². The molecular weight excluding hydrogens is 879 g/mol. The van der Waals surface area contributed by atoms with E-state index in [-0.39, 0.29) is 4.90 Å². The molecule has 0 saturated carbocycles. The number of benzene rings is 12. The van der Waals surface area contributed by atoms with Crippen LogP contribution in [0.1, 0.15) is 112 Å². The van der Waals surface area contributed by atoms with E-state index in [1.807, 2.05) is 0 Å². The lowest BCUT2D eigenvalue weighted by atomic mass is 9.67. The Morgan fingerprint density at radius 2 is 0.712 bits per heavy atom. The number of rotatable bonds is 9. The molecule has 0 aliphatic heterocycles. The summed E-state index contributed by atoms with van der Waals surface area (Å²) in [5.74, 6) is 0. The van der Waals surface area contributed by atoms with Gasteiger partial charge in [-0.15, -0.1) is 0 Å². The normalized spacial score (nSPS) is 22.8. The van der Waals surface area contributed by atoms with E-state index in [2.05, 4.69) is 0 Å². The second kappa shape index (κ2) is 17.2. The highest BCUT2D eigenvalue weighted by Gasteiger charge is 2.49. The van der Waals surface area contributed by atoms with Crippen LogP contribution in [0.15, 0.2) is 296 Å². The Morgan fingerprint density at radius 3 is 1.33 bits per heavy atom. The molecule has 0 aromatic heterocycles. The molecule has 342 valence electrons. The summed E-state index contributed by atoms with van der Waals surface area (Å²) >= 11 is 0. The highest BCUT2D eigenvalue weighted by Crippen LogP contribution is 2.62. The summed E-state index contributed by atoms with van der Waals surface area (Å²) in [5, 5.41) is -2.48. The van der Waals surface area contributed by atoms with Gasteiger partial charge in [-0.2, -0.15) is 0 Å². The van der Waals surface area contributed by atoms with Crippen molar-refractivity contribution in [2.24, 2.45) is 0 Å². The molecule has 0 saturated heterocycles. The highest BCUT2D eigenvalue weighted by molar-refractivity contribution is 6.08. The molecule has 2 aliphatic rings. The van der Waals surface area contributed by atoms with Crippen LogP contribution < -0.4 is 4.90 Å². The molecule has 12 aromatic carbocycles. The van der Waals surface area contributed by atoms with Crippen LogP contribution in [0.5, 0.6) is 0 Å². The van der Waals surface area contributed by atoms with Gasteiger partial charge in [0.05, 0.1) is 89.4 Å². The van der Waals surface area contributed by atoms with Crippen LogP contribution in [0.3, 0.4) is 0 Å². The molecule has 0 spiro atoms. The Bertz CT molecular complexity index is 6690. The average molecular weight is 977 g/mol. The molecule has 0 amide bonds. The van der Waals surface area contributed by atoms with Gasteiger partial charge in [-0.25, -0.2) is 0 Å². The van der Waals surface area contributed by atoms with Crippen LogP contribution >= 0.6 is 0 Å². The van der Waals surface area contributed by atoms with Crippen molar-refractivity contribution in [3.63, 3.8) is 0 Å². The smallest absolute Gasteiger partial charge is 0.0714 e. The second-order valence-electron chi connectivity index (χ2n) is 15.8. The number of nitrogens with zero attached hydrogens (tertiary/aromatic N) is 1. The van der Waals surface area contributed by atoms with E-state index in [1.54, 1.807) is 0 Å². The number of hydrogen-bond donors (Lipinski definition) is 0. The van der Waals surface area contributed by atoms with Crippen molar-refractivity contribution >= 4 is 27.8 Å². The van der Waals surface area contributed by atoms with Gasteiger partial charge in [0, 0.05) is 16.8 Å². The molecule has 0 heterocycles. The van der Waals surface area contributed by atoms with Gasteiger partial charge >= 0.3 is 0 Å². The summed E-state index contributed by atoms with van der Waals surface area (Å²) in [6.07, 6.45) is 0. The molecule has 1 nitrogen and oxygen atoms in total.